The van der Waals surface area contributed by atoms with Gasteiger partial charge in [0.05, 0.1) is 25.2 Å². The van der Waals surface area contributed by atoms with Gasteiger partial charge in [-0.15, -0.1) is 0 Å². The summed E-state index contributed by atoms with van der Waals surface area (Å²) >= 11 is 0. The number of nitro benzene ring substituents is 1. The molecule has 3 aromatic rings. The predicted octanol–water partition coefficient (Wildman–Crippen LogP) is 4.69. The van der Waals surface area contributed by atoms with Gasteiger partial charge in [0.1, 0.15) is 11.6 Å². The molecule has 0 aliphatic rings. The predicted molar refractivity (Wildman–Crippen MR) is 110 cm³/mol. The lowest BCUT2D eigenvalue weighted by Crippen LogP contribution is -2.11. The molecule has 0 bridgehead atoms. The van der Waals surface area contributed by atoms with E-state index >= 15 is 0 Å². The molecule has 0 saturated heterocycles. The Kier molecular flexibility index (Phi) is 6.10. The Morgan fingerprint density at radius 3 is 2.30 bits per heavy atom. The molecular weight excluding hydrogens is 391 g/mol. The lowest BCUT2D eigenvalue weighted by molar-refractivity contribution is -0.384. The SMILES string of the molecule is COc1cc(F)c(C(C)Nc2cc(C)nc(-c3ccc([N+](=O)[O-])cc3)n2)cc1OC. The van der Waals surface area contributed by atoms with E-state index in [2.05, 4.69) is 15.3 Å². The topological polar surface area (TPSA) is 99.4 Å². The maximum Gasteiger partial charge on any atom is 0.269 e. The van der Waals surface area contributed by atoms with Crippen LogP contribution in [0.25, 0.3) is 11.4 Å². The third kappa shape index (κ3) is 4.45. The fourth-order valence-corrected chi connectivity index (χ4v) is 3.01. The van der Waals surface area contributed by atoms with Gasteiger partial charge in [-0.05, 0) is 32.0 Å². The summed E-state index contributed by atoms with van der Waals surface area (Å²) < 4.78 is 25.0. The smallest absolute Gasteiger partial charge is 0.269 e. The molecule has 1 heterocycles. The van der Waals surface area contributed by atoms with Crippen LogP contribution in [0.1, 0.15) is 24.2 Å². The molecule has 1 unspecified atom stereocenters. The number of rotatable bonds is 7. The summed E-state index contributed by atoms with van der Waals surface area (Å²) in [5, 5.41) is 14.0. The molecule has 3 rings (SSSR count). The van der Waals surface area contributed by atoms with E-state index in [1.807, 2.05) is 6.92 Å². The third-order valence-corrected chi connectivity index (χ3v) is 4.52. The highest BCUT2D eigenvalue weighted by Gasteiger charge is 2.17. The van der Waals surface area contributed by atoms with Crippen molar-refractivity contribution < 1.29 is 18.8 Å². The first kappa shape index (κ1) is 21.0. The van der Waals surface area contributed by atoms with Crippen molar-refractivity contribution in [2.75, 3.05) is 19.5 Å². The van der Waals surface area contributed by atoms with Crippen molar-refractivity contribution in [1.29, 1.82) is 0 Å². The first-order valence-electron chi connectivity index (χ1n) is 9.11. The third-order valence-electron chi connectivity index (χ3n) is 4.52. The minimum absolute atomic E-state index is 0.0118. The van der Waals surface area contributed by atoms with Crippen LogP contribution in [0.3, 0.4) is 0 Å². The average Bonchev–Trinajstić information content (AvgIpc) is 2.72. The second kappa shape index (κ2) is 8.73. The monoisotopic (exact) mass is 412 g/mol. The number of nitrogens with zero attached hydrogens (tertiary/aromatic N) is 3. The van der Waals surface area contributed by atoms with Gasteiger partial charge in [-0.3, -0.25) is 10.1 Å². The van der Waals surface area contributed by atoms with Gasteiger partial charge in [0.25, 0.3) is 5.69 Å². The van der Waals surface area contributed by atoms with E-state index in [0.717, 1.165) is 0 Å². The minimum atomic E-state index is -0.465. The van der Waals surface area contributed by atoms with Gasteiger partial charge < -0.3 is 14.8 Å². The first-order chi connectivity index (χ1) is 14.3. The van der Waals surface area contributed by atoms with Crippen molar-refractivity contribution in [2.45, 2.75) is 19.9 Å². The Bertz CT molecular complexity index is 1070. The standard InChI is InChI=1S/C21H21FN4O4/c1-12-9-20(25-21(23-12)14-5-7-15(8-6-14)26(27)28)24-13(2)16-10-18(29-3)19(30-4)11-17(16)22/h5-11,13H,1-4H3,(H,23,24,25). The van der Waals surface area contributed by atoms with Crippen LogP contribution < -0.4 is 14.8 Å². The summed E-state index contributed by atoms with van der Waals surface area (Å²) in [6.07, 6.45) is 0. The number of non-ortho nitro benzene ring substituents is 1. The van der Waals surface area contributed by atoms with Crippen LogP contribution in [0.5, 0.6) is 11.5 Å². The Labute approximate surface area is 172 Å². The Morgan fingerprint density at radius 1 is 1.07 bits per heavy atom. The summed E-state index contributed by atoms with van der Waals surface area (Å²) in [6, 6.07) is 10.2. The zero-order valence-electron chi connectivity index (χ0n) is 17.0. The molecule has 0 spiro atoms. The normalized spacial score (nSPS) is 11.6. The van der Waals surface area contributed by atoms with Crippen LogP contribution in [-0.2, 0) is 0 Å². The summed E-state index contributed by atoms with van der Waals surface area (Å²) in [5.41, 5.74) is 1.71. The van der Waals surface area contributed by atoms with Gasteiger partial charge in [0.15, 0.2) is 17.3 Å². The van der Waals surface area contributed by atoms with Crippen LogP contribution in [-0.4, -0.2) is 29.1 Å². The van der Waals surface area contributed by atoms with E-state index in [1.54, 1.807) is 31.2 Å². The highest BCUT2D eigenvalue weighted by molar-refractivity contribution is 5.60. The second-order valence-corrected chi connectivity index (χ2v) is 6.62. The summed E-state index contributed by atoms with van der Waals surface area (Å²) in [4.78, 5) is 19.3. The number of ether oxygens (including phenoxy) is 2. The molecule has 1 atom stereocenters. The van der Waals surface area contributed by atoms with E-state index in [9.17, 15) is 14.5 Å². The highest BCUT2D eigenvalue weighted by atomic mass is 19.1. The van der Waals surface area contributed by atoms with E-state index in [1.165, 1.54) is 32.4 Å². The summed E-state index contributed by atoms with van der Waals surface area (Å²) in [7, 11) is 2.93. The zero-order valence-corrected chi connectivity index (χ0v) is 17.0. The van der Waals surface area contributed by atoms with Gasteiger partial charge in [0, 0.05) is 41.1 Å². The van der Waals surface area contributed by atoms with Crippen LogP contribution in [0, 0.1) is 22.9 Å². The van der Waals surface area contributed by atoms with Crippen molar-refractivity contribution >= 4 is 11.5 Å². The van der Waals surface area contributed by atoms with Gasteiger partial charge in [-0.25, -0.2) is 14.4 Å². The number of anilines is 1. The number of halogens is 1. The number of benzene rings is 2. The molecule has 0 radical (unpaired) electrons. The van der Waals surface area contributed by atoms with Gasteiger partial charge in [0.2, 0.25) is 0 Å². The van der Waals surface area contributed by atoms with Gasteiger partial charge in [-0.2, -0.15) is 0 Å². The van der Waals surface area contributed by atoms with Crippen molar-refractivity contribution in [3.63, 3.8) is 0 Å². The lowest BCUT2D eigenvalue weighted by Gasteiger charge is -2.18. The number of methoxy groups -OCH3 is 2. The molecule has 0 aliphatic carbocycles. The zero-order chi connectivity index (χ0) is 21.8. The van der Waals surface area contributed by atoms with Crippen LogP contribution in [0.15, 0.2) is 42.5 Å². The van der Waals surface area contributed by atoms with Gasteiger partial charge >= 0.3 is 0 Å². The quantitative estimate of drug-likeness (QED) is 0.444. The first-order valence-corrected chi connectivity index (χ1v) is 9.11. The van der Waals surface area contributed by atoms with Crippen molar-refractivity contribution in [3.05, 3.63) is 69.7 Å². The maximum absolute atomic E-state index is 14.6. The van der Waals surface area contributed by atoms with Crippen molar-refractivity contribution in [1.82, 2.24) is 9.97 Å². The molecule has 156 valence electrons. The van der Waals surface area contributed by atoms with Crippen molar-refractivity contribution in [2.24, 2.45) is 0 Å². The van der Waals surface area contributed by atoms with E-state index in [0.29, 0.717) is 40.0 Å². The number of nitro groups is 1. The van der Waals surface area contributed by atoms with Crippen LogP contribution >= 0.6 is 0 Å². The number of hydrogen-bond acceptors (Lipinski definition) is 7. The number of nitrogens with one attached hydrogen (secondary N) is 1. The Hall–Kier alpha value is -3.75. The molecule has 0 saturated carbocycles. The van der Waals surface area contributed by atoms with E-state index in [-0.39, 0.29) is 5.69 Å². The van der Waals surface area contributed by atoms with Crippen molar-refractivity contribution in [3.8, 4) is 22.9 Å². The van der Waals surface area contributed by atoms with Gasteiger partial charge in [-0.1, -0.05) is 0 Å². The minimum Gasteiger partial charge on any atom is -0.493 e. The number of aromatic nitrogens is 2. The summed E-state index contributed by atoms with van der Waals surface area (Å²) in [6.45, 7) is 3.61. The Morgan fingerprint density at radius 2 is 1.70 bits per heavy atom. The van der Waals surface area contributed by atoms with E-state index in [4.69, 9.17) is 9.47 Å². The molecule has 2 aromatic carbocycles. The molecule has 30 heavy (non-hydrogen) atoms. The maximum atomic E-state index is 14.6. The van der Waals surface area contributed by atoms with E-state index < -0.39 is 16.8 Å². The number of aryl methyl sites for hydroxylation is 1. The fourth-order valence-electron chi connectivity index (χ4n) is 3.01. The molecule has 1 aromatic heterocycles. The average molecular weight is 412 g/mol. The molecule has 0 fully saturated rings. The molecule has 1 N–H and O–H groups in total. The molecular formula is C21H21FN4O4. The number of hydrogen-bond donors (Lipinski definition) is 1. The lowest BCUT2D eigenvalue weighted by atomic mass is 10.1. The molecule has 8 nitrogen and oxygen atoms in total. The molecule has 0 amide bonds. The Balaban J connectivity index is 1.89. The molecule has 0 aliphatic heterocycles. The van der Waals surface area contributed by atoms with Crippen LogP contribution in [0.4, 0.5) is 15.9 Å². The highest BCUT2D eigenvalue weighted by Crippen LogP contribution is 2.33. The second-order valence-electron chi connectivity index (χ2n) is 6.62. The molecule has 9 heteroatoms. The largest absolute Gasteiger partial charge is 0.493 e. The summed E-state index contributed by atoms with van der Waals surface area (Å²) in [5.74, 6) is 1.20. The van der Waals surface area contributed by atoms with Crippen LogP contribution in [0.2, 0.25) is 0 Å². The fraction of sp³-hybridized carbons (Fsp3) is 0.238.